The van der Waals surface area contributed by atoms with E-state index in [9.17, 15) is 9.18 Å². The molecular formula is C20H17ClFN7O. The zero-order chi connectivity index (χ0) is 21.1. The van der Waals surface area contributed by atoms with Crippen LogP contribution in [0.25, 0.3) is 11.5 Å². The Morgan fingerprint density at radius 3 is 2.70 bits per heavy atom. The molecule has 152 valence electrons. The summed E-state index contributed by atoms with van der Waals surface area (Å²) >= 11 is 6.11. The van der Waals surface area contributed by atoms with Crippen LogP contribution in [-0.4, -0.2) is 54.2 Å². The van der Waals surface area contributed by atoms with Crippen molar-refractivity contribution < 1.29 is 9.18 Å². The van der Waals surface area contributed by atoms with Gasteiger partial charge in [-0.1, -0.05) is 11.6 Å². The molecule has 0 saturated heterocycles. The van der Waals surface area contributed by atoms with Crippen molar-refractivity contribution in [3.05, 3.63) is 83.3 Å². The van der Waals surface area contributed by atoms with E-state index in [1.807, 2.05) is 6.07 Å². The maximum absolute atomic E-state index is 13.0. The summed E-state index contributed by atoms with van der Waals surface area (Å²) in [5.41, 5.74) is 1.73. The molecule has 3 heterocycles. The van der Waals surface area contributed by atoms with Gasteiger partial charge in [0.25, 0.3) is 5.91 Å². The van der Waals surface area contributed by atoms with Crippen molar-refractivity contribution in [3.8, 4) is 11.5 Å². The van der Waals surface area contributed by atoms with Crippen LogP contribution >= 0.6 is 11.6 Å². The number of rotatable bonds is 6. The van der Waals surface area contributed by atoms with Crippen molar-refractivity contribution in [1.29, 1.82) is 0 Å². The standard InChI is InChI=1S/C20H17ClFN7O/c1-27(10-6-16-7-11-28(26-16)19-5-3-15(22)13-23-19)20(30)17-12-14(21)2-4-18(17)29-24-8-9-25-29/h2-5,7-9,11-13H,6,10H2,1H3. The molecular weight excluding hydrogens is 409 g/mol. The number of carbonyl (C=O) groups is 1. The first-order valence-electron chi connectivity index (χ1n) is 9.09. The topological polar surface area (TPSA) is 81.7 Å². The third-order valence-electron chi connectivity index (χ3n) is 4.46. The summed E-state index contributed by atoms with van der Waals surface area (Å²) in [5, 5.41) is 13.1. The Morgan fingerprint density at radius 1 is 1.17 bits per heavy atom. The van der Waals surface area contributed by atoms with Gasteiger partial charge >= 0.3 is 0 Å². The van der Waals surface area contributed by atoms with Gasteiger partial charge in [-0.2, -0.15) is 20.1 Å². The molecule has 1 amide bonds. The molecule has 3 aromatic heterocycles. The molecule has 4 rings (SSSR count). The summed E-state index contributed by atoms with van der Waals surface area (Å²) < 4.78 is 14.6. The smallest absolute Gasteiger partial charge is 0.255 e. The second kappa shape index (κ2) is 8.42. The SMILES string of the molecule is CN(CCc1ccn(-c2ccc(F)cn2)n1)C(=O)c1cc(Cl)ccc1-n1nccn1. The number of carbonyl (C=O) groups excluding carboxylic acids is 1. The molecule has 0 aliphatic rings. The second-order valence-electron chi connectivity index (χ2n) is 6.54. The van der Waals surface area contributed by atoms with Gasteiger partial charge in [0.1, 0.15) is 5.82 Å². The van der Waals surface area contributed by atoms with E-state index >= 15 is 0 Å². The molecule has 0 atom stereocenters. The van der Waals surface area contributed by atoms with Crippen LogP contribution in [0.1, 0.15) is 16.1 Å². The number of hydrogen-bond donors (Lipinski definition) is 0. The first-order valence-corrected chi connectivity index (χ1v) is 9.47. The van der Waals surface area contributed by atoms with Crippen molar-refractivity contribution in [1.82, 2.24) is 34.7 Å². The van der Waals surface area contributed by atoms with Gasteiger partial charge in [-0.25, -0.2) is 14.1 Å². The minimum Gasteiger partial charge on any atom is -0.341 e. The lowest BCUT2D eigenvalue weighted by atomic mass is 10.1. The normalized spacial score (nSPS) is 10.9. The highest BCUT2D eigenvalue weighted by Gasteiger charge is 2.19. The Morgan fingerprint density at radius 2 is 1.97 bits per heavy atom. The molecule has 1 aromatic carbocycles. The highest BCUT2D eigenvalue weighted by Crippen LogP contribution is 2.20. The molecule has 0 N–H and O–H groups in total. The van der Waals surface area contributed by atoms with Gasteiger partial charge in [0.05, 0.1) is 35.5 Å². The summed E-state index contributed by atoms with van der Waals surface area (Å²) in [6.07, 6.45) is 6.50. The van der Waals surface area contributed by atoms with Crippen molar-refractivity contribution >= 4 is 17.5 Å². The molecule has 8 nitrogen and oxygen atoms in total. The van der Waals surface area contributed by atoms with Gasteiger partial charge in [-0.3, -0.25) is 4.79 Å². The molecule has 4 aromatic rings. The lowest BCUT2D eigenvalue weighted by molar-refractivity contribution is 0.0796. The van der Waals surface area contributed by atoms with E-state index in [0.717, 1.165) is 11.9 Å². The predicted octanol–water partition coefficient (Wildman–Crippen LogP) is 2.96. The molecule has 0 fully saturated rings. The lowest BCUT2D eigenvalue weighted by Gasteiger charge is -2.18. The average molecular weight is 426 g/mol. The van der Waals surface area contributed by atoms with Gasteiger partial charge in [0, 0.05) is 31.2 Å². The first kappa shape index (κ1) is 19.7. The quantitative estimate of drug-likeness (QED) is 0.474. The van der Waals surface area contributed by atoms with Crippen LogP contribution < -0.4 is 0 Å². The number of amides is 1. The Hall–Kier alpha value is -3.59. The first-order chi connectivity index (χ1) is 14.5. The monoisotopic (exact) mass is 425 g/mol. The van der Waals surface area contributed by atoms with E-state index in [1.165, 1.54) is 10.9 Å². The summed E-state index contributed by atoms with van der Waals surface area (Å²) in [5.74, 6) is -0.0937. The molecule has 0 aliphatic carbocycles. The summed E-state index contributed by atoms with van der Waals surface area (Å²) in [4.78, 5) is 20.0. The Labute approximate surface area is 176 Å². The molecule has 0 spiro atoms. The maximum Gasteiger partial charge on any atom is 0.255 e. The minimum absolute atomic E-state index is 0.204. The van der Waals surface area contributed by atoms with Crippen LogP contribution in [0.15, 0.2) is 61.2 Å². The van der Waals surface area contributed by atoms with E-state index in [2.05, 4.69) is 20.3 Å². The molecule has 30 heavy (non-hydrogen) atoms. The van der Waals surface area contributed by atoms with Crippen LogP contribution in [0.4, 0.5) is 4.39 Å². The molecule has 0 aliphatic heterocycles. The third kappa shape index (κ3) is 4.20. The number of pyridine rings is 1. The number of hydrogen-bond acceptors (Lipinski definition) is 5. The fourth-order valence-electron chi connectivity index (χ4n) is 2.91. The molecule has 0 unspecified atom stereocenters. The third-order valence-corrected chi connectivity index (χ3v) is 4.70. The molecule has 0 radical (unpaired) electrons. The predicted molar refractivity (Wildman–Crippen MR) is 108 cm³/mol. The molecule has 0 saturated carbocycles. The van der Waals surface area contributed by atoms with Crippen LogP contribution in [0, 0.1) is 5.82 Å². The minimum atomic E-state index is -0.406. The van der Waals surface area contributed by atoms with Crippen LogP contribution in [-0.2, 0) is 6.42 Å². The Kier molecular flexibility index (Phi) is 5.53. The largest absolute Gasteiger partial charge is 0.341 e. The number of benzene rings is 1. The van der Waals surface area contributed by atoms with Gasteiger partial charge in [0.2, 0.25) is 0 Å². The van der Waals surface area contributed by atoms with Crippen molar-refractivity contribution in [3.63, 3.8) is 0 Å². The summed E-state index contributed by atoms with van der Waals surface area (Å²) in [6.45, 7) is 0.436. The Balaban J connectivity index is 1.46. The van der Waals surface area contributed by atoms with Crippen molar-refractivity contribution in [2.45, 2.75) is 6.42 Å². The average Bonchev–Trinajstić information content (AvgIpc) is 3.44. The number of nitrogens with zero attached hydrogens (tertiary/aromatic N) is 7. The van der Waals surface area contributed by atoms with Crippen molar-refractivity contribution in [2.75, 3.05) is 13.6 Å². The molecule has 0 bridgehead atoms. The zero-order valence-corrected chi connectivity index (χ0v) is 16.7. The summed E-state index contributed by atoms with van der Waals surface area (Å²) in [6, 6.07) is 9.71. The van der Waals surface area contributed by atoms with E-state index in [4.69, 9.17) is 11.6 Å². The van der Waals surface area contributed by atoms with E-state index < -0.39 is 5.82 Å². The van der Waals surface area contributed by atoms with Gasteiger partial charge < -0.3 is 4.90 Å². The van der Waals surface area contributed by atoms with E-state index in [-0.39, 0.29) is 5.91 Å². The van der Waals surface area contributed by atoms with Gasteiger partial charge in [-0.05, 0) is 36.4 Å². The fourth-order valence-corrected chi connectivity index (χ4v) is 3.08. The van der Waals surface area contributed by atoms with Gasteiger partial charge in [0.15, 0.2) is 5.82 Å². The highest BCUT2D eigenvalue weighted by atomic mass is 35.5. The molecule has 10 heteroatoms. The fraction of sp³-hybridized carbons (Fsp3) is 0.150. The number of halogens is 2. The zero-order valence-electron chi connectivity index (χ0n) is 16.0. The second-order valence-corrected chi connectivity index (χ2v) is 6.98. The number of aromatic nitrogens is 6. The van der Waals surface area contributed by atoms with Gasteiger partial charge in [-0.15, -0.1) is 0 Å². The van der Waals surface area contributed by atoms with E-state index in [0.29, 0.717) is 35.1 Å². The van der Waals surface area contributed by atoms with Crippen LogP contribution in [0.5, 0.6) is 0 Å². The number of likely N-dealkylation sites (N-methyl/N-ethyl adjacent to an activating group) is 1. The lowest BCUT2D eigenvalue weighted by Crippen LogP contribution is -2.30. The van der Waals surface area contributed by atoms with Crippen molar-refractivity contribution in [2.24, 2.45) is 0 Å². The maximum atomic E-state index is 13.0. The highest BCUT2D eigenvalue weighted by molar-refractivity contribution is 6.31. The van der Waals surface area contributed by atoms with E-state index in [1.54, 1.807) is 59.5 Å². The van der Waals surface area contributed by atoms with Crippen LogP contribution in [0.3, 0.4) is 0 Å². The van der Waals surface area contributed by atoms with Crippen LogP contribution in [0.2, 0.25) is 5.02 Å². The summed E-state index contributed by atoms with van der Waals surface area (Å²) in [7, 11) is 1.71. The Bertz CT molecular complexity index is 1160.